The van der Waals surface area contributed by atoms with Gasteiger partial charge in [0.15, 0.2) is 5.96 Å². The van der Waals surface area contributed by atoms with Crippen molar-refractivity contribution in [1.82, 2.24) is 20.6 Å². The van der Waals surface area contributed by atoms with Crippen molar-refractivity contribution in [3.05, 3.63) is 40.5 Å². The minimum absolute atomic E-state index is 0.626. The van der Waals surface area contributed by atoms with Crippen molar-refractivity contribution < 1.29 is 0 Å². The van der Waals surface area contributed by atoms with E-state index in [2.05, 4.69) is 44.8 Å². The number of rotatable bonds is 10. The van der Waals surface area contributed by atoms with Crippen molar-refractivity contribution in [1.29, 1.82) is 0 Å². The number of unbranched alkanes of at least 4 members (excludes halogenated alkanes) is 1. The molecule has 0 aliphatic heterocycles. The number of aromatic nitrogens is 2. The minimum atomic E-state index is 0.626. The van der Waals surface area contributed by atoms with E-state index in [1.54, 1.807) is 17.5 Å². The van der Waals surface area contributed by atoms with Gasteiger partial charge >= 0.3 is 0 Å². The molecule has 0 radical (unpaired) electrons. The van der Waals surface area contributed by atoms with E-state index in [4.69, 9.17) is 0 Å². The van der Waals surface area contributed by atoms with Gasteiger partial charge in [0.25, 0.3) is 0 Å². The van der Waals surface area contributed by atoms with Crippen LogP contribution < -0.4 is 16.0 Å². The summed E-state index contributed by atoms with van der Waals surface area (Å²) in [5, 5.41) is 11.0. The van der Waals surface area contributed by atoms with Crippen LogP contribution >= 0.6 is 11.3 Å². The summed E-state index contributed by atoms with van der Waals surface area (Å²) >= 11 is 1.74. The Hall–Kier alpha value is -2.15. The van der Waals surface area contributed by atoms with Crippen LogP contribution in [0.25, 0.3) is 0 Å². The Bertz CT molecular complexity index is 626. The summed E-state index contributed by atoms with van der Waals surface area (Å²) in [7, 11) is 0. The molecule has 7 heteroatoms. The van der Waals surface area contributed by atoms with E-state index in [0.29, 0.717) is 6.54 Å². The van der Waals surface area contributed by atoms with Crippen LogP contribution in [0.2, 0.25) is 0 Å². The van der Waals surface area contributed by atoms with E-state index in [9.17, 15) is 0 Å². The van der Waals surface area contributed by atoms with Gasteiger partial charge in [-0.25, -0.2) is 15.0 Å². The summed E-state index contributed by atoms with van der Waals surface area (Å²) in [6.45, 7) is 7.52. The molecule has 3 N–H and O–H groups in total. The smallest absolute Gasteiger partial charge is 0.191 e. The Morgan fingerprint density at radius 1 is 1.12 bits per heavy atom. The van der Waals surface area contributed by atoms with Crippen molar-refractivity contribution in [2.45, 2.75) is 39.7 Å². The molecule has 25 heavy (non-hydrogen) atoms. The highest BCUT2D eigenvalue weighted by atomic mass is 32.1. The van der Waals surface area contributed by atoms with Crippen LogP contribution in [0.3, 0.4) is 0 Å². The van der Waals surface area contributed by atoms with Crippen molar-refractivity contribution in [3.8, 4) is 0 Å². The number of pyridine rings is 1. The summed E-state index contributed by atoms with van der Waals surface area (Å²) in [6.07, 6.45) is 6.93. The molecule has 0 fully saturated rings. The largest absolute Gasteiger partial charge is 0.370 e. The predicted octanol–water partition coefficient (Wildman–Crippen LogP) is 3.05. The van der Waals surface area contributed by atoms with E-state index >= 15 is 0 Å². The van der Waals surface area contributed by atoms with E-state index < -0.39 is 0 Å². The minimum Gasteiger partial charge on any atom is -0.370 e. The number of aliphatic imine (C=N–C) groups is 1. The summed E-state index contributed by atoms with van der Waals surface area (Å²) in [5.41, 5.74) is 0. The molecule has 2 aromatic rings. The summed E-state index contributed by atoms with van der Waals surface area (Å²) in [6, 6.07) is 5.89. The number of nitrogens with zero attached hydrogens (tertiary/aromatic N) is 3. The third-order valence-corrected chi connectivity index (χ3v) is 4.66. The SMILES string of the molecule is CCNC(=NCc1ncc(CC)s1)NCCCCNc1ccccn1. The van der Waals surface area contributed by atoms with Gasteiger partial charge in [0, 0.05) is 36.9 Å². The van der Waals surface area contributed by atoms with Crippen LogP contribution in [0, 0.1) is 0 Å². The zero-order valence-corrected chi connectivity index (χ0v) is 15.9. The summed E-state index contributed by atoms with van der Waals surface area (Å²) in [4.78, 5) is 14.6. The molecule has 6 nitrogen and oxygen atoms in total. The summed E-state index contributed by atoms with van der Waals surface area (Å²) in [5.74, 6) is 1.79. The van der Waals surface area contributed by atoms with Gasteiger partial charge in [-0.1, -0.05) is 13.0 Å². The van der Waals surface area contributed by atoms with Gasteiger partial charge in [0.1, 0.15) is 10.8 Å². The highest BCUT2D eigenvalue weighted by Gasteiger charge is 2.01. The standard InChI is InChI=1S/C18H28N6S/c1-3-15-13-23-17(25-15)14-24-18(19-4-2)22-12-8-7-11-21-16-9-5-6-10-20-16/h5-6,9-10,13H,3-4,7-8,11-12,14H2,1-2H3,(H,20,21)(H2,19,22,24). The number of anilines is 1. The first-order valence-electron chi connectivity index (χ1n) is 8.92. The number of aryl methyl sites for hydroxylation is 1. The fraction of sp³-hybridized carbons (Fsp3) is 0.500. The van der Waals surface area contributed by atoms with Gasteiger partial charge in [-0.05, 0) is 38.3 Å². The molecule has 2 aromatic heterocycles. The average Bonchev–Trinajstić information content (AvgIpc) is 3.11. The van der Waals surface area contributed by atoms with Crippen molar-refractivity contribution in [3.63, 3.8) is 0 Å². The van der Waals surface area contributed by atoms with Crippen LogP contribution in [0.5, 0.6) is 0 Å². The maximum atomic E-state index is 4.61. The van der Waals surface area contributed by atoms with Crippen LogP contribution in [-0.2, 0) is 13.0 Å². The molecule has 0 bridgehead atoms. The van der Waals surface area contributed by atoms with Gasteiger partial charge in [-0.15, -0.1) is 11.3 Å². The first kappa shape index (κ1) is 19.2. The molecular weight excluding hydrogens is 332 g/mol. The lowest BCUT2D eigenvalue weighted by Crippen LogP contribution is -2.37. The molecular formula is C18H28N6S. The fourth-order valence-corrected chi connectivity index (χ4v) is 3.00. The second-order valence-electron chi connectivity index (χ2n) is 5.54. The highest BCUT2D eigenvalue weighted by Crippen LogP contribution is 2.13. The number of hydrogen-bond donors (Lipinski definition) is 3. The van der Waals surface area contributed by atoms with E-state index in [-0.39, 0.29) is 0 Å². The predicted molar refractivity (Wildman–Crippen MR) is 106 cm³/mol. The second-order valence-corrected chi connectivity index (χ2v) is 6.74. The van der Waals surface area contributed by atoms with Gasteiger partial charge in [0.05, 0.1) is 6.54 Å². The third kappa shape index (κ3) is 7.51. The lowest BCUT2D eigenvalue weighted by Gasteiger charge is -2.11. The maximum Gasteiger partial charge on any atom is 0.191 e. The quantitative estimate of drug-likeness (QED) is 0.345. The van der Waals surface area contributed by atoms with Crippen molar-refractivity contribution >= 4 is 23.1 Å². The highest BCUT2D eigenvalue weighted by molar-refractivity contribution is 7.11. The third-order valence-electron chi connectivity index (χ3n) is 3.53. The molecule has 0 amide bonds. The van der Waals surface area contributed by atoms with Gasteiger partial charge in [0.2, 0.25) is 0 Å². The van der Waals surface area contributed by atoms with Gasteiger partial charge in [-0.3, -0.25) is 0 Å². The lowest BCUT2D eigenvalue weighted by atomic mass is 10.3. The van der Waals surface area contributed by atoms with Crippen molar-refractivity contribution in [2.24, 2.45) is 4.99 Å². The normalized spacial score (nSPS) is 11.4. The Labute approximate surface area is 154 Å². The van der Waals surface area contributed by atoms with E-state index in [1.165, 1.54) is 4.88 Å². The number of guanidine groups is 1. The number of hydrogen-bond acceptors (Lipinski definition) is 5. The van der Waals surface area contributed by atoms with Gasteiger partial charge < -0.3 is 16.0 Å². The number of thiazole rings is 1. The molecule has 0 aromatic carbocycles. The molecule has 0 aliphatic rings. The molecule has 2 rings (SSSR count). The zero-order valence-electron chi connectivity index (χ0n) is 15.1. The molecule has 0 atom stereocenters. The second kappa shape index (κ2) is 11.4. The first-order chi connectivity index (χ1) is 12.3. The molecule has 136 valence electrons. The maximum absolute atomic E-state index is 4.61. The van der Waals surface area contributed by atoms with E-state index in [1.807, 2.05) is 24.4 Å². The van der Waals surface area contributed by atoms with Crippen LogP contribution in [-0.4, -0.2) is 35.6 Å². The topological polar surface area (TPSA) is 74.2 Å². The van der Waals surface area contributed by atoms with Crippen molar-refractivity contribution in [2.75, 3.05) is 25.0 Å². The zero-order chi connectivity index (χ0) is 17.7. The molecule has 0 unspecified atom stereocenters. The summed E-state index contributed by atoms with van der Waals surface area (Å²) < 4.78 is 0. The van der Waals surface area contributed by atoms with Crippen LogP contribution in [0.15, 0.2) is 35.6 Å². The van der Waals surface area contributed by atoms with Gasteiger partial charge in [-0.2, -0.15) is 0 Å². The number of nitrogens with one attached hydrogen (secondary N) is 3. The Morgan fingerprint density at radius 2 is 2.00 bits per heavy atom. The Morgan fingerprint density at radius 3 is 2.72 bits per heavy atom. The Balaban J connectivity index is 1.65. The molecule has 0 saturated heterocycles. The first-order valence-corrected chi connectivity index (χ1v) is 9.74. The molecule has 0 saturated carbocycles. The molecule has 0 aliphatic carbocycles. The lowest BCUT2D eigenvalue weighted by molar-refractivity contribution is 0.712. The molecule has 0 spiro atoms. The Kier molecular flexibility index (Phi) is 8.75. The average molecular weight is 361 g/mol. The molecule has 2 heterocycles. The van der Waals surface area contributed by atoms with Crippen LogP contribution in [0.1, 0.15) is 36.6 Å². The van der Waals surface area contributed by atoms with Crippen LogP contribution in [0.4, 0.5) is 5.82 Å². The van der Waals surface area contributed by atoms with E-state index in [0.717, 1.165) is 55.7 Å². The monoisotopic (exact) mass is 360 g/mol. The fourth-order valence-electron chi connectivity index (χ4n) is 2.21.